The first kappa shape index (κ1) is 45.8. The summed E-state index contributed by atoms with van der Waals surface area (Å²) in [4.78, 5) is 57.6. The Kier molecular flexibility index (Phi) is 33.8. The average Bonchev–Trinajstić information content (AvgIpc) is 3.02. The van der Waals surface area contributed by atoms with Crippen molar-refractivity contribution in [2.45, 2.75) is 186 Å². The third-order valence-electron chi connectivity index (χ3n) is 7.66. The molecule has 46 heavy (non-hydrogen) atoms. The van der Waals surface area contributed by atoms with Crippen molar-refractivity contribution < 1.29 is 38.6 Å². The molecule has 2 unspecified atom stereocenters. The van der Waals surface area contributed by atoms with E-state index in [9.17, 15) is 24.0 Å². The van der Waals surface area contributed by atoms with Crippen molar-refractivity contribution >= 4 is 29.8 Å². The molecule has 2 atom stereocenters. The molecule has 270 valence electrons. The second kappa shape index (κ2) is 34.0. The molecule has 0 fully saturated rings. The first-order chi connectivity index (χ1) is 22.1. The molecule has 0 aliphatic heterocycles. The van der Waals surface area contributed by atoms with Gasteiger partial charge < -0.3 is 31.8 Å². The fourth-order valence-electron chi connectivity index (χ4n) is 4.65. The van der Waals surface area contributed by atoms with Gasteiger partial charge in [0.05, 0.1) is 0 Å². The van der Waals surface area contributed by atoms with Gasteiger partial charge >= 0.3 is 29.8 Å². The Morgan fingerprint density at radius 2 is 0.891 bits per heavy atom. The highest BCUT2D eigenvalue weighted by atomic mass is 16.6. The van der Waals surface area contributed by atoms with E-state index in [1.165, 1.54) is 77.0 Å². The molecule has 0 aromatic rings. The molecule has 0 aromatic heterocycles. The lowest BCUT2D eigenvalue weighted by Crippen LogP contribution is -2.34. The quantitative estimate of drug-likeness (QED) is 0.0383. The summed E-state index contributed by atoms with van der Waals surface area (Å²) < 4.78 is 9.58. The smallest absolute Gasteiger partial charge is 0.330 e. The van der Waals surface area contributed by atoms with Crippen LogP contribution < -0.4 is 17.2 Å². The standard InChI is InChI=1S/C29H53NO6.C6H14N2O2/c1-3-5-7-9-11-13-15-17-19-21-26(31)35-28(33)24-23-25(30)29(34)36-27(32)22-20-18-16-14-12-10-8-6-4-2;7-4-2-1-3-5(8)6(9)10/h25H,3-24,30H2,1-2H3;5H,1-4,7-8H2,(H,9,10). The maximum atomic E-state index is 12.0. The second-order valence-electron chi connectivity index (χ2n) is 12.2. The van der Waals surface area contributed by atoms with E-state index in [0.717, 1.165) is 38.5 Å². The van der Waals surface area contributed by atoms with Crippen LogP contribution in [0.2, 0.25) is 0 Å². The number of rotatable bonds is 29. The molecule has 0 bridgehead atoms. The van der Waals surface area contributed by atoms with Crippen molar-refractivity contribution in [2.75, 3.05) is 6.54 Å². The third kappa shape index (κ3) is 33.0. The van der Waals surface area contributed by atoms with Crippen molar-refractivity contribution in [2.24, 2.45) is 17.2 Å². The topological polar surface area (TPSA) is 202 Å². The van der Waals surface area contributed by atoms with Crippen molar-refractivity contribution in [3.05, 3.63) is 0 Å². The maximum Gasteiger partial charge on any atom is 0.330 e. The number of carboxylic acids is 1. The number of carbonyl (C=O) groups is 5. The maximum absolute atomic E-state index is 12.0. The molecule has 0 rings (SSSR count). The summed E-state index contributed by atoms with van der Waals surface area (Å²) in [5.41, 5.74) is 16.2. The van der Waals surface area contributed by atoms with E-state index in [1.54, 1.807) is 0 Å². The van der Waals surface area contributed by atoms with Gasteiger partial charge in [-0.25, -0.2) is 4.79 Å². The van der Waals surface area contributed by atoms with Crippen molar-refractivity contribution in [3.8, 4) is 0 Å². The lowest BCUT2D eigenvalue weighted by Gasteiger charge is -2.10. The van der Waals surface area contributed by atoms with Gasteiger partial charge in [-0.05, 0) is 38.6 Å². The molecule has 11 nitrogen and oxygen atoms in total. The Morgan fingerprint density at radius 3 is 1.30 bits per heavy atom. The molecule has 0 aromatic carbocycles. The van der Waals surface area contributed by atoms with Crippen LogP contribution in [0.5, 0.6) is 0 Å². The number of hydrogen-bond donors (Lipinski definition) is 4. The molecule has 0 saturated carbocycles. The van der Waals surface area contributed by atoms with Gasteiger partial charge in [0, 0.05) is 19.3 Å². The number of ether oxygens (including phenoxy) is 2. The zero-order valence-electron chi connectivity index (χ0n) is 29.1. The Bertz CT molecular complexity index is 794. The van der Waals surface area contributed by atoms with E-state index < -0.39 is 41.9 Å². The lowest BCUT2D eigenvalue weighted by atomic mass is 10.1. The van der Waals surface area contributed by atoms with E-state index in [4.69, 9.17) is 31.8 Å². The van der Waals surface area contributed by atoms with E-state index in [2.05, 4.69) is 13.8 Å². The monoisotopic (exact) mass is 657 g/mol. The molecule has 0 aliphatic rings. The highest BCUT2D eigenvalue weighted by molar-refractivity contribution is 5.89. The zero-order valence-corrected chi connectivity index (χ0v) is 29.1. The Balaban J connectivity index is 0. The first-order valence-electron chi connectivity index (χ1n) is 18.0. The fourth-order valence-corrected chi connectivity index (χ4v) is 4.65. The number of esters is 4. The highest BCUT2D eigenvalue weighted by Crippen LogP contribution is 2.12. The average molecular weight is 658 g/mol. The van der Waals surface area contributed by atoms with Crippen LogP contribution in [0.15, 0.2) is 0 Å². The van der Waals surface area contributed by atoms with Gasteiger partial charge in [0.2, 0.25) is 0 Å². The van der Waals surface area contributed by atoms with Gasteiger partial charge in [-0.2, -0.15) is 0 Å². The number of aliphatic carboxylic acids is 1. The first-order valence-corrected chi connectivity index (χ1v) is 18.0. The molecule has 0 aliphatic carbocycles. The molecule has 0 amide bonds. The van der Waals surface area contributed by atoms with Crippen LogP contribution >= 0.6 is 0 Å². The normalized spacial score (nSPS) is 12.0. The van der Waals surface area contributed by atoms with Crippen molar-refractivity contribution in [1.29, 1.82) is 0 Å². The van der Waals surface area contributed by atoms with Gasteiger partial charge in [-0.15, -0.1) is 0 Å². The highest BCUT2D eigenvalue weighted by Gasteiger charge is 2.21. The van der Waals surface area contributed by atoms with Gasteiger partial charge in [0.15, 0.2) is 0 Å². The largest absolute Gasteiger partial charge is 0.480 e. The minimum Gasteiger partial charge on any atom is -0.480 e. The summed E-state index contributed by atoms with van der Waals surface area (Å²) in [6.45, 7) is 5.01. The zero-order chi connectivity index (χ0) is 34.8. The number of carboxylic acid groups (broad SMARTS) is 1. The lowest BCUT2D eigenvalue weighted by molar-refractivity contribution is -0.160. The van der Waals surface area contributed by atoms with Gasteiger partial charge in [-0.1, -0.05) is 123 Å². The van der Waals surface area contributed by atoms with Gasteiger partial charge in [0.1, 0.15) is 12.1 Å². The fraction of sp³-hybridized carbons (Fsp3) is 0.857. The molecule has 0 spiro atoms. The number of unbranched alkanes of at least 4 members (excludes halogenated alkanes) is 17. The number of carbonyl (C=O) groups excluding carboxylic acids is 4. The van der Waals surface area contributed by atoms with Crippen LogP contribution in [-0.2, 0) is 33.4 Å². The molecule has 0 radical (unpaired) electrons. The molecular weight excluding hydrogens is 590 g/mol. The minimum absolute atomic E-state index is 0.0334. The molecule has 0 saturated heterocycles. The Labute approximate surface area is 278 Å². The molecule has 0 heterocycles. The van der Waals surface area contributed by atoms with Crippen molar-refractivity contribution in [1.82, 2.24) is 0 Å². The number of hydrogen-bond acceptors (Lipinski definition) is 10. The molecular formula is C35H67N3O8. The van der Waals surface area contributed by atoms with Gasteiger partial charge in [-0.3, -0.25) is 19.2 Å². The van der Waals surface area contributed by atoms with Crippen LogP contribution in [0.3, 0.4) is 0 Å². The van der Waals surface area contributed by atoms with Crippen LogP contribution in [0.4, 0.5) is 0 Å². The van der Waals surface area contributed by atoms with Crippen molar-refractivity contribution in [3.63, 3.8) is 0 Å². The van der Waals surface area contributed by atoms with Crippen LogP contribution in [0.1, 0.15) is 174 Å². The Hall–Kier alpha value is -2.37. The van der Waals surface area contributed by atoms with E-state index >= 15 is 0 Å². The summed E-state index contributed by atoms with van der Waals surface area (Å²) in [6.07, 6.45) is 22.8. The Morgan fingerprint density at radius 1 is 0.500 bits per heavy atom. The molecule has 11 heteroatoms. The molecule has 7 N–H and O–H groups in total. The van der Waals surface area contributed by atoms with Crippen LogP contribution in [0.25, 0.3) is 0 Å². The summed E-state index contributed by atoms with van der Waals surface area (Å²) in [5, 5.41) is 8.33. The van der Waals surface area contributed by atoms with E-state index in [1.807, 2.05) is 0 Å². The summed E-state index contributed by atoms with van der Waals surface area (Å²) in [6, 6.07) is -1.82. The predicted octanol–water partition coefficient (Wildman–Crippen LogP) is 6.60. The van der Waals surface area contributed by atoms with E-state index in [0.29, 0.717) is 25.8 Å². The minimum atomic E-state index is -1.10. The van der Waals surface area contributed by atoms with E-state index in [-0.39, 0.29) is 25.7 Å². The summed E-state index contributed by atoms with van der Waals surface area (Å²) in [7, 11) is 0. The number of nitrogens with two attached hydrogens (primary N) is 3. The van der Waals surface area contributed by atoms with Gasteiger partial charge in [0.25, 0.3) is 0 Å². The SMILES string of the molecule is CCCCCCCCCCCC(=O)OC(=O)CCC(N)C(=O)OC(=O)CCCCCCCCCCC.NCCCCC(N)C(=O)O. The summed E-state index contributed by atoms with van der Waals surface area (Å²) >= 11 is 0. The summed E-state index contributed by atoms with van der Waals surface area (Å²) in [5.74, 6) is -3.62. The third-order valence-corrected chi connectivity index (χ3v) is 7.66. The van der Waals surface area contributed by atoms with Crippen LogP contribution in [0, 0.1) is 0 Å². The second-order valence-corrected chi connectivity index (χ2v) is 12.2. The predicted molar refractivity (Wildman–Crippen MR) is 182 cm³/mol. The van der Waals surface area contributed by atoms with Crippen LogP contribution in [-0.4, -0.2) is 53.6 Å².